The van der Waals surface area contributed by atoms with Gasteiger partial charge in [0.25, 0.3) is 0 Å². The van der Waals surface area contributed by atoms with Crippen LogP contribution in [0.25, 0.3) is 10.8 Å². The molecule has 2 aromatic carbocycles. The van der Waals surface area contributed by atoms with Gasteiger partial charge in [0.1, 0.15) is 10.6 Å². The molecule has 0 saturated heterocycles. The Morgan fingerprint density at radius 1 is 1.07 bits per heavy atom. The molecule has 0 fully saturated rings. The minimum absolute atomic E-state index is 0.0331. The molecule has 3 rings (SSSR count). The fourth-order valence-corrected chi connectivity index (χ4v) is 4.78. The van der Waals surface area contributed by atoms with Crippen LogP contribution in [-0.4, -0.2) is 25.5 Å². The van der Waals surface area contributed by atoms with Crippen LogP contribution in [0.5, 0.6) is 0 Å². The van der Waals surface area contributed by atoms with Crippen LogP contribution in [-0.2, 0) is 14.8 Å². The van der Waals surface area contributed by atoms with Crippen molar-refractivity contribution in [2.45, 2.75) is 44.7 Å². The van der Waals surface area contributed by atoms with Crippen LogP contribution in [0.4, 0.5) is 0 Å². The smallest absolute Gasteiger partial charge is 0.246 e. The van der Waals surface area contributed by atoms with Crippen molar-refractivity contribution in [3.05, 3.63) is 59.5 Å². The second-order valence-electron chi connectivity index (χ2n) is 6.79. The summed E-state index contributed by atoms with van der Waals surface area (Å²) in [6.07, 6.45) is 0. The van der Waals surface area contributed by atoms with Gasteiger partial charge in [-0.15, -0.1) is 0 Å². The third-order valence-electron chi connectivity index (χ3n) is 4.61. The highest BCUT2D eigenvalue weighted by Gasteiger charge is 2.28. The van der Waals surface area contributed by atoms with Gasteiger partial charge in [-0.2, -0.15) is 4.72 Å². The van der Waals surface area contributed by atoms with Crippen molar-refractivity contribution >= 4 is 26.7 Å². The van der Waals surface area contributed by atoms with E-state index in [1.807, 2.05) is 49.4 Å². The number of amides is 1. The lowest BCUT2D eigenvalue weighted by molar-refractivity contribution is -0.123. The van der Waals surface area contributed by atoms with Gasteiger partial charge in [-0.3, -0.25) is 4.79 Å². The molecule has 0 radical (unpaired) electrons. The Balaban J connectivity index is 1.75. The van der Waals surface area contributed by atoms with E-state index in [0.29, 0.717) is 0 Å². The molecule has 0 aliphatic carbocycles. The van der Waals surface area contributed by atoms with Gasteiger partial charge >= 0.3 is 0 Å². The number of benzene rings is 2. The summed E-state index contributed by atoms with van der Waals surface area (Å²) in [5.74, 6) is -0.238. The van der Waals surface area contributed by atoms with Gasteiger partial charge in [0.15, 0.2) is 5.76 Å². The maximum Gasteiger partial charge on any atom is 0.246 e. The number of sulfonamides is 1. The van der Waals surface area contributed by atoms with Gasteiger partial charge in [-0.1, -0.05) is 47.6 Å². The predicted molar refractivity (Wildman–Crippen MR) is 106 cm³/mol. The van der Waals surface area contributed by atoms with E-state index in [9.17, 15) is 13.2 Å². The molecule has 2 N–H and O–H groups in total. The standard InChI is InChI=1S/C20H23N3O4S/c1-12(17-11-7-9-16-8-5-6-10-18(16)17)21-20(24)14(3)23-28(25,26)19-13(2)22-27-15(19)4/h5-12,14,23H,1-4H3,(H,21,24). The number of rotatable bonds is 6. The molecule has 7 nitrogen and oxygen atoms in total. The third kappa shape index (κ3) is 3.93. The molecule has 0 spiro atoms. The molecule has 0 saturated carbocycles. The lowest BCUT2D eigenvalue weighted by Gasteiger charge is -2.20. The number of nitrogens with zero attached hydrogens (tertiary/aromatic N) is 1. The number of hydrogen-bond donors (Lipinski definition) is 2. The van der Waals surface area contributed by atoms with Crippen LogP contribution in [0.15, 0.2) is 51.9 Å². The van der Waals surface area contributed by atoms with Gasteiger partial charge in [0, 0.05) is 0 Å². The summed E-state index contributed by atoms with van der Waals surface area (Å²) in [6.45, 7) is 6.43. The second kappa shape index (κ2) is 7.73. The van der Waals surface area contributed by atoms with E-state index >= 15 is 0 Å². The second-order valence-corrected chi connectivity index (χ2v) is 8.45. The lowest BCUT2D eigenvalue weighted by Crippen LogP contribution is -2.45. The van der Waals surface area contributed by atoms with Crippen LogP contribution in [0.1, 0.15) is 36.9 Å². The van der Waals surface area contributed by atoms with Crippen molar-refractivity contribution < 1.29 is 17.7 Å². The van der Waals surface area contributed by atoms with Crippen molar-refractivity contribution in [3.63, 3.8) is 0 Å². The highest BCUT2D eigenvalue weighted by molar-refractivity contribution is 7.89. The van der Waals surface area contributed by atoms with Gasteiger partial charge in [0.05, 0.1) is 12.1 Å². The van der Waals surface area contributed by atoms with E-state index in [1.54, 1.807) is 6.92 Å². The van der Waals surface area contributed by atoms with Gasteiger partial charge in [0.2, 0.25) is 15.9 Å². The molecule has 8 heteroatoms. The maximum atomic E-state index is 12.6. The molecule has 1 aromatic heterocycles. The van der Waals surface area contributed by atoms with Crippen LogP contribution in [0.2, 0.25) is 0 Å². The van der Waals surface area contributed by atoms with Crippen molar-refractivity contribution in [1.29, 1.82) is 0 Å². The highest BCUT2D eigenvalue weighted by Crippen LogP contribution is 2.24. The van der Waals surface area contributed by atoms with E-state index in [1.165, 1.54) is 13.8 Å². The summed E-state index contributed by atoms with van der Waals surface area (Å²) < 4.78 is 32.5. The summed E-state index contributed by atoms with van der Waals surface area (Å²) in [6, 6.07) is 12.6. The summed E-state index contributed by atoms with van der Waals surface area (Å²) in [5, 5.41) is 8.66. The molecular weight excluding hydrogens is 378 g/mol. The quantitative estimate of drug-likeness (QED) is 0.661. The SMILES string of the molecule is Cc1noc(C)c1S(=O)(=O)NC(C)C(=O)NC(C)c1cccc2ccccc12. The summed E-state index contributed by atoms with van der Waals surface area (Å²) in [5.41, 5.74) is 1.22. The number of aryl methyl sites for hydroxylation is 2. The Kier molecular flexibility index (Phi) is 5.53. The molecule has 1 amide bonds. The predicted octanol–water partition coefficient (Wildman–Crippen LogP) is 2.99. The molecule has 148 valence electrons. The van der Waals surface area contributed by atoms with Crippen molar-refractivity contribution in [1.82, 2.24) is 15.2 Å². The number of hydrogen-bond acceptors (Lipinski definition) is 5. The molecule has 0 aliphatic rings. The third-order valence-corrected chi connectivity index (χ3v) is 6.39. The molecule has 2 unspecified atom stereocenters. The fourth-order valence-electron chi connectivity index (χ4n) is 3.25. The Labute approximate surface area is 164 Å². The Morgan fingerprint density at radius 2 is 1.75 bits per heavy atom. The van der Waals surface area contributed by atoms with Crippen molar-refractivity contribution in [3.8, 4) is 0 Å². The first-order valence-corrected chi connectivity index (χ1v) is 10.4. The lowest BCUT2D eigenvalue weighted by atomic mass is 9.99. The zero-order chi connectivity index (χ0) is 20.5. The Morgan fingerprint density at radius 3 is 2.43 bits per heavy atom. The van der Waals surface area contributed by atoms with Crippen LogP contribution >= 0.6 is 0 Å². The topological polar surface area (TPSA) is 101 Å². The monoisotopic (exact) mass is 401 g/mol. The zero-order valence-corrected chi connectivity index (χ0v) is 17.0. The minimum atomic E-state index is -3.92. The van der Waals surface area contributed by atoms with E-state index in [0.717, 1.165) is 16.3 Å². The molecule has 0 aliphatic heterocycles. The first-order valence-electron chi connectivity index (χ1n) is 8.94. The zero-order valence-electron chi connectivity index (χ0n) is 16.2. The molecule has 0 bridgehead atoms. The molecular formula is C20H23N3O4S. The molecule has 3 aromatic rings. The van der Waals surface area contributed by atoms with E-state index in [-0.39, 0.29) is 22.4 Å². The molecule has 2 atom stereocenters. The number of fused-ring (bicyclic) bond motifs is 1. The molecule has 28 heavy (non-hydrogen) atoms. The Hall–Kier alpha value is -2.71. The number of carbonyl (C=O) groups excluding carboxylic acids is 1. The minimum Gasteiger partial charge on any atom is -0.360 e. The summed E-state index contributed by atoms with van der Waals surface area (Å²) in [4.78, 5) is 12.6. The average Bonchev–Trinajstić information content (AvgIpc) is 2.99. The first-order chi connectivity index (χ1) is 13.2. The number of aromatic nitrogens is 1. The van der Waals surface area contributed by atoms with Crippen molar-refractivity contribution in [2.75, 3.05) is 0 Å². The van der Waals surface area contributed by atoms with Crippen LogP contribution < -0.4 is 10.0 Å². The van der Waals surface area contributed by atoms with Gasteiger partial charge < -0.3 is 9.84 Å². The summed E-state index contributed by atoms with van der Waals surface area (Å²) >= 11 is 0. The highest BCUT2D eigenvalue weighted by atomic mass is 32.2. The van der Waals surface area contributed by atoms with E-state index in [2.05, 4.69) is 15.2 Å². The van der Waals surface area contributed by atoms with E-state index < -0.39 is 22.0 Å². The van der Waals surface area contributed by atoms with Crippen LogP contribution in [0.3, 0.4) is 0 Å². The largest absolute Gasteiger partial charge is 0.360 e. The molecule has 1 heterocycles. The normalized spacial score (nSPS) is 14.0. The maximum absolute atomic E-state index is 12.6. The Bertz CT molecular complexity index is 1100. The number of carbonyl (C=O) groups is 1. The van der Waals surface area contributed by atoms with Crippen LogP contribution in [0, 0.1) is 13.8 Å². The fraction of sp³-hybridized carbons (Fsp3) is 0.300. The van der Waals surface area contributed by atoms with E-state index in [4.69, 9.17) is 4.52 Å². The average molecular weight is 401 g/mol. The number of nitrogens with one attached hydrogen (secondary N) is 2. The summed E-state index contributed by atoms with van der Waals surface area (Å²) in [7, 11) is -3.92. The van der Waals surface area contributed by atoms with Gasteiger partial charge in [-0.25, -0.2) is 8.42 Å². The van der Waals surface area contributed by atoms with Gasteiger partial charge in [-0.05, 0) is 44.0 Å². The van der Waals surface area contributed by atoms with Crippen molar-refractivity contribution in [2.24, 2.45) is 0 Å². The first kappa shape index (κ1) is 20.0.